The first-order valence-electron chi connectivity index (χ1n) is 6.83. The molecular weight excluding hydrogens is 266 g/mol. The Kier molecular flexibility index (Phi) is 3.39. The van der Waals surface area contributed by atoms with Gasteiger partial charge in [-0.3, -0.25) is 9.69 Å². The molecular formula is C17H17NO3. The molecule has 0 bridgehead atoms. The van der Waals surface area contributed by atoms with Crippen molar-refractivity contribution in [2.45, 2.75) is 19.1 Å². The summed E-state index contributed by atoms with van der Waals surface area (Å²) >= 11 is 0. The summed E-state index contributed by atoms with van der Waals surface area (Å²) in [5.41, 5.74) is 2.84. The van der Waals surface area contributed by atoms with Gasteiger partial charge in [0.25, 0.3) is 5.91 Å². The van der Waals surface area contributed by atoms with Gasteiger partial charge in [-0.25, -0.2) is 0 Å². The Bertz CT molecular complexity index is 649. The largest absolute Gasteiger partial charge is 0.497 e. The fraction of sp³-hybridized carbons (Fsp3) is 0.235. The van der Waals surface area contributed by atoms with Gasteiger partial charge in [-0.05, 0) is 36.8 Å². The molecule has 1 aliphatic rings. The minimum absolute atomic E-state index is 0.272. The van der Waals surface area contributed by atoms with Crippen LogP contribution in [0.25, 0.3) is 0 Å². The predicted octanol–water partition coefficient (Wildman–Crippen LogP) is 2.45. The predicted molar refractivity (Wildman–Crippen MR) is 80.4 cm³/mol. The van der Waals surface area contributed by atoms with E-state index >= 15 is 0 Å². The summed E-state index contributed by atoms with van der Waals surface area (Å²) in [7, 11) is 1.60. The number of carbonyl (C=O) groups is 1. The Morgan fingerprint density at radius 1 is 1.05 bits per heavy atom. The van der Waals surface area contributed by atoms with Crippen LogP contribution in [0.1, 0.15) is 17.2 Å². The molecule has 2 aromatic rings. The highest BCUT2D eigenvalue weighted by atomic mass is 16.5. The lowest BCUT2D eigenvalue weighted by Gasteiger charge is -2.44. The van der Waals surface area contributed by atoms with Crippen molar-refractivity contribution in [1.82, 2.24) is 0 Å². The molecule has 1 fully saturated rings. The number of hydrogen-bond acceptors (Lipinski definition) is 3. The standard InChI is InChI=1S/C17H17NO3/c1-11-3-5-12(6-4-11)15-16(19)17(20)18(15)13-7-9-14(21-2)10-8-13/h3-10,15-16,19H,1-2H3/t15-,16+/m0/s1. The average Bonchev–Trinajstić information content (AvgIpc) is 2.53. The Morgan fingerprint density at radius 3 is 2.24 bits per heavy atom. The van der Waals surface area contributed by atoms with E-state index < -0.39 is 6.10 Å². The van der Waals surface area contributed by atoms with Gasteiger partial charge >= 0.3 is 0 Å². The van der Waals surface area contributed by atoms with Crippen molar-refractivity contribution in [2.75, 3.05) is 12.0 Å². The minimum atomic E-state index is -0.977. The lowest BCUT2D eigenvalue weighted by atomic mass is 9.89. The van der Waals surface area contributed by atoms with Crippen LogP contribution < -0.4 is 9.64 Å². The van der Waals surface area contributed by atoms with E-state index in [-0.39, 0.29) is 11.9 Å². The zero-order chi connectivity index (χ0) is 15.0. The van der Waals surface area contributed by atoms with E-state index in [4.69, 9.17) is 4.74 Å². The molecule has 4 nitrogen and oxygen atoms in total. The van der Waals surface area contributed by atoms with Crippen molar-refractivity contribution in [3.63, 3.8) is 0 Å². The summed E-state index contributed by atoms with van der Waals surface area (Å²) < 4.78 is 5.12. The Hall–Kier alpha value is -2.33. The number of aliphatic hydroxyl groups is 1. The third-order valence-electron chi connectivity index (χ3n) is 3.84. The Morgan fingerprint density at radius 2 is 1.67 bits per heavy atom. The number of carbonyl (C=O) groups excluding carboxylic acids is 1. The van der Waals surface area contributed by atoms with Crippen LogP contribution in [0.2, 0.25) is 0 Å². The quantitative estimate of drug-likeness (QED) is 0.880. The summed E-state index contributed by atoms with van der Waals surface area (Å²) in [5.74, 6) is 0.463. The van der Waals surface area contributed by atoms with Gasteiger partial charge in [0.1, 0.15) is 5.75 Å². The smallest absolute Gasteiger partial charge is 0.259 e. The number of nitrogens with zero attached hydrogens (tertiary/aromatic N) is 1. The fourth-order valence-electron chi connectivity index (χ4n) is 2.60. The molecule has 0 radical (unpaired) electrons. The number of rotatable bonds is 3. The van der Waals surface area contributed by atoms with Crippen molar-refractivity contribution in [3.8, 4) is 5.75 Å². The molecule has 1 heterocycles. The lowest BCUT2D eigenvalue weighted by molar-refractivity contribution is -0.137. The Balaban J connectivity index is 1.92. The molecule has 3 rings (SSSR count). The van der Waals surface area contributed by atoms with Crippen LogP contribution >= 0.6 is 0 Å². The molecule has 21 heavy (non-hydrogen) atoms. The zero-order valence-electron chi connectivity index (χ0n) is 12.0. The molecule has 1 N–H and O–H groups in total. The van der Waals surface area contributed by atoms with E-state index in [9.17, 15) is 9.90 Å². The first-order chi connectivity index (χ1) is 10.1. The molecule has 1 amide bonds. The minimum Gasteiger partial charge on any atom is -0.497 e. The van der Waals surface area contributed by atoms with Gasteiger partial charge in [0.15, 0.2) is 6.10 Å². The summed E-state index contributed by atoms with van der Waals surface area (Å²) in [6.45, 7) is 2.01. The van der Waals surface area contributed by atoms with E-state index in [1.807, 2.05) is 43.3 Å². The number of amides is 1. The topological polar surface area (TPSA) is 49.8 Å². The monoisotopic (exact) mass is 283 g/mol. The van der Waals surface area contributed by atoms with Crippen LogP contribution in [0.3, 0.4) is 0 Å². The van der Waals surface area contributed by atoms with Gasteiger partial charge in [-0.2, -0.15) is 0 Å². The second kappa shape index (κ2) is 5.22. The number of anilines is 1. The second-order valence-corrected chi connectivity index (χ2v) is 5.21. The van der Waals surface area contributed by atoms with E-state index in [0.29, 0.717) is 0 Å². The Labute approximate surface area is 123 Å². The molecule has 0 saturated carbocycles. The summed E-state index contributed by atoms with van der Waals surface area (Å²) in [6, 6.07) is 14.8. The van der Waals surface area contributed by atoms with E-state index in [2.05, 4.69) is 0 Å². The zero-order valence-corrected chi connectivity index (χ0v) is 12.0. The van der Waals surface area contributed by atoms with Crippen LogP contribution in [0.15, 0.2) is 48.5 Å². The molecule has 0 aromatic heterocycles. The maximum atomic E-state index is 12.0. The third-order valence-corrected chi connectivity index (χ3v) is 3.84. The lowest BCUT2D eigenvalue weighted by Crippen LogP contribution is -2.59. The molecule has 0 spiro atoms. The number of ether oxygens (including phenoxy) is 1. The first kappa shape index (κ1) is 13.6. The van der Waals surface area contributed by atoms with E-state index in [1.165, 1.54) is 0 Å². The van der Waals surface area contributed by atoms with E-state index in [0.717, 1.165) is 22.6 Å². The van der Waals surface area contributed by atoms with Crippen LogP contribution in [-0.4, -0.2) is 24.2 Å². The molecule has 4 heteroatoms. The summed E-state index contributed by atoms with van der Waals surface area (Å²) in [6.07, 6.45) is -0.977. The van der Waals surface area contributed by atoms with Gasteiger partial charge in [0.2, 0.25) is 0 Å². The van der Waals surface area contributed by atoms with E-state index in [1.54, 1.807) is 24.1 Å². The number of β-lactam (4-membered cyclic amide) rings is 1. The van der Waals surface area contributed by atoms with Crippen molar-refractivity contribution in [2.24, 2.45) is 0 Å². The second-order valence-electron chi connectivity index (χ2n) is 5.21. The number of methoxy groups -OCH3 is 1. The highest BCUT2D eigenvalue weighted by Crippen LogP contribution is 2.39. The molecule has 1 saturated heterocycles. The maximum Gasteiger partial charge on any atom is 0.259 e. The van der Waals surface area contributed by atoms with Crippen LogP contribution in [0, 0.1) is 6.92 Å². The van der Waals surface area contributed by atoms with Crippen molar-refractivity contribution in [1.29, 1.82) is 0 Å². The van der Waals surface area contributed by atoms with Crippen LogP contribution in [0.4, 0.5) is 5.69 Å². The van der Waals surface area contributed by atoms with Gasteiger partial charge in [0.05, 0.1) is 13.2 Å². The third kappa shape index (κ3) is 2.28. The summed E-state index contributed by atoms with van der Waals surface area (Å²) in [5, 5.41) is 10.0. The number of benzene rings is 2. The fourth-order valence-corrected chi connectivity index (χ4v) is 2.60. The van der Waals surface area contributed by atoms with Crippen molar-refractivity contribution >= 4 is 11.6 Å². The van der Waals surface area contributed by atoms with Crippen molar-refractivity contribution < 1.29 is 14.6 Å². The van der Waals surface area contributed by atoms with Crippen LogP contribution in [0.5, 0.6) is 5.75 Å². The van der Waals surface area contributed by atoms with Gasteiger partial charge < -0.3 is 9.84 Å². The normalized spacial score (nSPS) is 21.1. The molecule has 2 atom stereocenters. The SMILES string of the molecule is COc1ccc(N2C(=O)[C@H](O)[C@@H]2c2ccc(C)cc2)cc1. The molecule has 1 aliphatic heterocycles. The highest BCUT2D eigenvalue weighted by molar-refractivity contribution is 6.04. The number of aliphatic hydroxyl groups excluding tert-OH is 1. The van der Waals surface area contributed by atoms with Crippen molar-refractivity contribution in [3.05, 3.63) is 59.7 Å². The van der Waals surface area contributed by atoms with Gasteiger partial charge in [-0.1, -0.05) is 29.8 Å². The van der Waals surface area contributed by atoms with Crippen LogP contribution in [-0.2, 0) is 4.79 Å². The maximum absolute atomic E-state index is 12.0. The number of hydrogen-bond donors (Lipinski definition) is 1. The van der Waals surface area contributed by atoms with Gasteiger partial charge in [-0.15, -0.1) is 0 Å². The highest BCUT2D eigenvalue weighted by Gasteiger charge is 2.47. The van der Waals surface area contributed by atoms with Gasteiger partial charge in [0, 0.05) is 5.69 Å². The average molecular weight is 283 g/mol. The summed E-state index contributed by atoms with van der Waals surface area (Å²) in [4.78, 5) is 13.6. The molecule has 0 aliphatic carbocycles. The number of aryl methyl sites for hydroxylation is 1. The molecule has 0 unspecified atom stereocenters. The first-order valence-corrected chi connectivity index (χ1v) is 6.83. The molecule has 2 aromatic carbocycles. The molecule has 108 valence electrons.